The Balaban J connectivity index is 2.68. The van der Waals surface area contributed by atoms with Crippen LogP contribution in [0.2, 0.25) is 0 Å². The van der Waals surface area contributed by atoms with Gasteiger partial charge in [0, 0.05) is 19.0 Å². The average molecular weight is 234 g/mol. The first-order valence-corrected chi connectivity index (χ1v) is 5.77. The maximum Gasteiger partial charge on any atom is 0.118 e. The van der Waals surface area contributed by atoms with E-state index in [-0.39, 0.29) is 5.41 Å². The predicted octanol–water partition coefficient (Wildman–Crippen LogP) is 3.15. The fourth-order valence-electron chi connectivity index (χ4n) is 1.66. The second-order valence-corrected chi connectivity index (χ2v) is 5.30. The van der Waals surface area contributed by atoms with E-state index in [1.807, 2.05) is 36.2 Å². The van der Waals surface area contributed by atoms with Gasteiger partial charge < -0.3 is 9.64 Å². The lowest BCUT2D eigenvalue weighted by Gasteiger charge is -2.29. The van der Waals surface area contributed by atoms with Crippen molar-refractivity contribution in [2.45, 2.75) is 27.3 Å². The highest BCUT2D eigenvalue weighted by Gasteiger charge is 2.20. The molecule has 0 aromatic heterocycles. The molecule has 3 nitrogen and oxygen atoms in total. The number of amidine groups is 1. The molecule has 0 aliphatic rings. The summed E-state index contributed by atoms with van der Waals surface area (Å²) in [5.74, 6) is 1.51. The molecule has 0 spiro atoms. The topological polar surface area (TPSA) is 36.3 Å². The molecule has 0 amide bonds. The molecule has 1 aromatic carbocycles. The van der Waals surface area contributed by atoms with E-state index in [0.29, 0.717) is 5.84 Å². The molecular weight excluding hydrogens is 212 g/mol. The molecular formula is C14H22N2O. The molecule has 0 saturated heterocycles. The lowest BCUT2D eigenvalue weighted by molar-refractivity contribution is 0.410. The van der Waals surface area contributed by atoms with Crippen LogP contribution in [0.1, 0.15) is 26.3 Å². The van der Waals surface area contributed by atoms with Crippen molar-refractivity contribution in [1.82, 2.24) is 4.90 Å². The second kappa shape index (κ2) is 5.21. The van der Waals surface area contributed by atoms with Crippen molar-refractivity contribution in [3.05, 3.63) is 29.8 Å². The Morgan fingerprint density at radius 2 is 1.76 bits per heavy atom. The zero-order chi connectivity index (χ0) is 13.1. The SMILES string of the molecule is COc1ccc(CN(C)C(=N)C(C)(C)C)cc1. The number of hydrogen-bond acceptors (Lipinski definition) is 2. The van der Waals surface area contributed by atoms with Crippen LogP contribution in [0.3, 0.4) is 0 Å². The molecule has 0 heterocycles. The van der Waals surface area contributed by atoms with Crippen LogP contribution in [0.4, 0.5) is 0 Å². The predicted molar refractivity (Wildman–Crippen MR) is 71.6 cm³/mol. The minimum absolute atomic E-state index is 0.110. The summed E-state index contributed by atoms with van der Waals surface area (Å²) in [6.45, 7) is 6.92. The Labute approximate surface area is 104 Å². The summed E-state index contributed by atoms with van der Waals surface area (Å²) >= 11 is 0. The third-order valence-electron chi connectivity index (χ3n) is 2.67. The maximum atomic E-state index is 8.08. The van der Waals surface area contributed by atoms with Crippen molar-refractivity contribution in [2.75, 3.05) is 14.2 Å². The molecule has 1 aromatic rings. The van der Waals surface area contributed by atoms with Crippen molar-refractivity contribution in [3.63, 3.8) is 0 Å². The Morgan fingerprint density at radius 3 is 2.18 bits per heavy atom. The Hall–Kier alpha value is -1.51. The van der Waals surface area contributed by atoms with Crippen LogP contribution in [0, 0.1) is 10.8 Å². The Bertz CT molecular complexity index is 376. The van der Waals surface area contributed by atoms with Gasteiger partial charge in [0.15, 0.2) is 0 Å². The van der Waals surface area contributed by atoms with Crippen LogP contribution < -0.4 is 4.74 Å². The van der Waals surface area contributed by atoms with Crippen molar-refractivity contribution in [2.24, 2.45) is 5.41 Å². The van der Waals surface area contributed by atoms with Crippen LogP contribution >= 0.6 is 0 Å². The molecule has 0 atom stereocenters. The number of nitrogens with one attached hydrogen (secondary N) is 1. The van der Waals surface area contributed by atoms with Crippen LogP contribution in [-0.4, -0.2) is 24.9 Å². The highest BCUT2D eigenvalue weighted by molar-refractivity contribution is 5.83. The number of benzene rings is 1. The number of methoxy groups -OCH3 is 1. The highest BCUT2D eigenvalue weighted by atomic mass is 16.5. The molecule has 0 saturated carbocycles. The molecule has 0 fully saturated rings. The van der Waals surface area contributed by atoms with E-state index in [2.05, 4.69) is 20.8 Å². The van der Waals surface area contributed by atoms with Crippen LogP contribution in [0.15, 0.2) is 24.3 Å². The number of hydrogen-bond donors (Lipinski definition) is 1. The van der Waals surface area contributed by atoms with E-state index >= 15 is 0 Å². The van der Waals surface area contributed by atoms with Gasteiger partial charge >= 0.3 is 0 Å². The number of nitrogens with zero attached hydrogens (tertiary/aromatic N) is 1. The maximum absolute atomic E-state index is 8.08. The summed E-state index contributed by atoms with van der Waals surface area (Å²) < 4.78 is 5.12. The van der Waals surface area contributed by atoms with Crippen LogP contribution in [-0.2, 0) is 6.54 Å². The normalized spacial score (nSPS) is 11.1. The van der Waals surface area contributed by atoms with Crippen molar-refractivity contribution in [1.29, 1.82) is 5.41 Å². The summed E-state index contributed by atoms with van der Waals surface area (Å²) in [6.07, 6.45) is 0. The van der Waals surface area contributed by atoms with E-state index in [1.54, 1.807) is 7.11 Å². The van der Waals surface area contributed by atoms with Gasteiger partial charge in [0.2, 0.25) is 0 Å². The van der Waals surface area contributed by atoms with Gasteiger partial charge in [-0.05, 0) is 17.7 Å². The third kappa shape index (κ3) is 3.77. The van der Waals surface area contributed by atoms with E-state index < -0.39 is 0 Å². The van der Waals surface area contributed by atoms with Crippen molar-refractivity contribution < 1.29 is 4.74 Å². The minimum atomic E-state index is -0.110. The van der Waals surface area contributed by atoms with Crippen LogP contribution in [0.25, 0.3) is 0 Å². The van der Waals surface area contributed by atoms with Crippen molar-refractivity contribution in [3.8, 4) is 5.75 Å². The van der Waals surface area contributed by atoms with Gasteiger partial charge in [0.25, 0.3) is 0 Å². The summed E-state index contributed by atoms with van der Waals surface area (Å²) in [5.41, 5.74) is 1.07. The first-order chi connectivity index (χ1) is 7.84. The quantitative estimate of drug-likeness (QED) is 0.644. The lowest BCUT2D eigenvalue weighted by atomic mass is 9.94. The number of rotatable bonds is 3. The van der Waals surface area contributed by atoms with Gasteiger partial charge in [0.1, 0.15) is 11.6 Å². The van der Waals surface area contributed by atoms with E-state index in [4.69, 9.17) is 10.1 Å². The van der Waals surface area contributed by atoms with Gasteiger partial charge in [-0.15, -0.1) is 0 Å². The largest absolute Gasteiger partial charge is 0.497 e. The summed E-state index contributed by atoms with van der Waals surface area (Å²) in [7, 11) is 3.62. The molecule has 3 heteroatoms. The molecule has 94 valence electrons. The van der Waals surface area contributed by atoms with Crippen molar-refractivity contribution >= 4 is 5.84 Å². The fraction of sp³-hybridized carbons (Fsp3) is 0.500. The second-order valence-electron chi connectivity index (χ2n) is 5.30. The van der Waals surface area contributed by atoms with E-state index in [1.165, 1.54) is 5.56 Å². The van der Waals surface area contributed by atoms with Gasteiger partial charge in [-0.2, -0.15) is 0 Å². The molecule has 1 N–H and O–H groups in total. The molecule has 1 rings (SSSR count). The zero-order valence-electron chi connectivity index (χ0n) is 11.4. The monoisotopic (exact) mass is 234 g/mol. The van der Waals surface area contributed by atoms with Gasteiger partial charge in [-0.3, -0.25) is 5.41 Å². The lowest BCUT2D eigenvalue weighted by Crippen LogP contribution is -2.35. The third-order valence-corrected chi connectivity index (χ3v) is 2.67. The Kier molecular flexibility index (Phi) is 4.16. The summed E-state index contributed by atoms with van der Waals surface area (Å²) in [4.78, 5) is 1.97. The molecule has 0 aliphatic carbocycles. The number of ether oxygens (including phenoxy) is 1. The first-order valence-electron chi connectivity index (χ1n) is 5.77. The molecule has 17 heavy (non-hydrogen) atoms. The molecule has 0 radical (unpaired) electrons. The smallest absolute Gasteiger partial charge is 0.118 e. The van der Waals surface area contributed by atoms with Gasteiger partial charge in [-0.25, -0.2) is 0 Å². The van der Waals surface area contributed by atoms with E-state index in [9.17, 15) is 0 Å². The highest BCUT2D eigenvalue weighted by Crippen LogP contribution is 2.19. The molecule has 0 bridgehead atoms. The van der Waals surface area contributed by atoms with E-state index in [0.717, 1.165) is 12.3 Å². The first kappa shape index (κ1) is 13.6. The average Bonchev–Trinajstić information content (AvgIpc) is 2.27. The zero-order valence-corrected chi connectivity index (χ0v) is 11.4. The molecule has 0 unspecified atom stereocenters. The standard InChI is InChI=1S/C14H22N2O/c1-14(2,3)13(15)16(4)10-11-6-8-12(17-5)9-7-11/h6-9,15H,10H2,1-5H3. The summed E-state index contributed by atoms with van der Waals surface area (Å²) in [6, 6.07) is 7.96. The fourth-order valence-corrected chi connectivity index (χ4v) is 1.66. The summed E-state index contributed by atoms with van der Waals surface area (Å²) in [5, 5.41) is 8.08. The van der Waals surface area contributed by atoms with Gasteiger partial charge in [-0.1, -0.05) is 32.9 Å². The Morgan fingerprint density at radius 1 is 1.24 bits per heavy atom. The minimum Gasteiger partial charge on any atom is -0.497 e. The van der Waals surface area contributed by atoms with Crippen LogP contribution in [0.5, 0.6) is 5.75 Å². The molecule has 0 aliphatic heterocycles. The van der Waals surface area contributed by atoms with Gasteiger partial charge in [0.05, 0.1) is 7.11 Å².